The fraction of sp³-hybridized carbons (Fsp3) is 0.320. The van der Waals surface area contributed by atoms with Crippen LogP contribution in [0.3, 0.4) is 0 Å². The number of nitrogens with zero attached hydrogens (tertiary/aromatic N) is 4. The highest BCUT2D eigenvalue weighted by atomic mass is 19.1. The molecule has 1 fully saturated rings. The van der Waals surface area contributed by atoms with Gasteiger partial charge < -0.3 is 14.5 Å². The van der Waals surface area contributed by atoms with Gasteiger partial charge in [-0.05, 0) is 43.5 Å². The Morgan fingerprint density at radius 2 is 1.71 bits per heavy atom. The largest absolute Gasteiger partial charge is 0.435 e. The first-order valence-electron chi connectivity index (χ1n) is 11.3. The molecular formula is C25H23F3N4O2. The molecule has 5 rings (SSSR count). The van der Waals surface area contributed by atoms with E-state index in [4.69, 9.17) is 9.72 Å². The third-order valence-corrected chi connectivity index (χ3v) is 6.14. The van der Waals surface area contributed by atoms with Gasteiger partial charge in [0.05, 0.1) is 23.4 Å². The van der Waals surface area contributed by atoms with E-state index in [0.717, 1.165) is 44.5 Å². The minimum atomic E-state index is -0.859. The molecule has 34 heavy (non-hydrogen) atoms. The molecule has 9 heteroatoms. The van der Waals surface area contributed by atoms with Gasteiger partial charge in [-0.25, -0.2) is 18.2 Å². The summed E-state index contributed by atoms with van der Waals surface area (Å²) in [4.78, 5) is 25.9. The van der Waals surface area contributed by atoms with Crippen molar-refractivity contribution in [2.45, 2.75) is 32.2 Å². The Kier molecular flexibility index (Phi) is 6.08. The zero-order chi connectivity index (χ0) is 23.7. The van der Waals surface area contributed by atoms with Crippen LogP contribution in [0.25, 0.3) is 0 Å². The highest BCUT2D eigenvalue weighted by Gasteiger charge is 2.29. The van der Waals surface area contributed by atoms with E-state index < -0.39 is 23.4 Å². The number of aromatic nitrogens is 2. The summed E-state index contributed by atoms with van der Waals surface area (Å²) in [5.41, 5.74) is 1.20. The fourth-order valence-electron chi connectivity index (χ4n) is 4.33. The maximum atomic E-state index is 14.4. The number of fused-ring (bicyclic) bond motifs is 1. The van der Waals surface area contributed by atoms with Crippen LogP contribution in [0.2, 0.25) is 0 Å². The minimum Gasteiger partial charge on any atom is -0.435 e. The molecular weight excluding hydrogens is 445 g/mol. The van der Waals surface area contributed by atoms with E-state index in [0.29, 0.717) is 30.2 Å². The first-order valence-corrected chi connectivity index (χ1v) is 11.3. The Bertz CT molecular complexity index is 1230. The standard InChI is InChI=1S/C25H23F3N4O2/c26-16-8-9-22(20(28)14-16)34-23-18-15-32(24(33)17-6-2-3-7-19(17)27)13-10-21(18)29-25(30-23)31-11-4-1-5-12-31/h2-3,6-9,14H,1,4-5,10-13,15H2. The molecule has 2 aromatic carbocycles. The van der Waals surface area contributed by atoms with Crippen molar-refractivity contribution in [1.82, 2.24) is 14.9 Å². The lowest BCUT2D eigenvalue weighted by atomic mass is 10.0. The van der Waals surface area contributed by atoms with Gasteiger partial charge in [0.2, 0.25) is 11.8 Å². The van der Waals surface area contributed by atoms with Crippen LogP contribution >= 0.6 is 0 Å². The summed E-state index contributed by atoms with van der Waals surface area (Å²) in [5, 5.41) is 0. The predicted octanol–water partition coefficient (Wildman–Crippen LogP) is 4.88. The highest BCUT2D eigenvalue weighted by molar-refractivity contribution is 5.94. The number of piperidine rings is 1. The number of amides is 1. The average Bonchev–Trinajstić information content (AvgIpc) is 2.86. The number of halogens is 3. The molecule has 2 aliphatic heterocycles. The lowest BCUT2D eigenvalue weighted by Gasteiger charge is -2.32. The molecule has 6 nitrogen and oxygen atoms in total. The second kappa shape index (κ2) is 9.32. The molecule has 2 aliphatic rings. The number of hydrogen-bond acceptors (Lipinski definition) is 5. The molecule has 0 bridgehead atoms. The van der Waals surface area contributed by atoms with Crippen molar-refractivity contribution in [3.63, 3.8) is 0 Å². The van der Waals surface area contributed by atoms with E-state index in [1.54, 1.807) is 6.07 Å². The lowest BCUT2D eigenvalue weighted by molar-refractivity contribution is 0.0727. The topological polar surface area (TPSA) is 58.6 Å². The molecule has 0 saturated carbocycles. The molecule has 3 heterocycles. The van der Waals surface area contributed by atoms with Crippen LogP contribution in [0, 0.1) is 17.5 Å². The van der Waals surface area contributed by atoms with E-state index in [2.05, 4.69) is 9.88 Å². The smallest absolute Gasteiger partial charge is 0.257 e. The van der Waals surface area contributed by atoms with E-state index in [1.807, 2.05) is 0 Å². The van der Waals surface area contributed by atoms with Crippen LogP contribution in [0.5, 0.6) is 11.6 Å². The Balaban J connectivity index is 1.51. The van der Waals surface area contributed by atoms with E-state index in [-0.39, 0.29) is 23.7 Å². The summed E-state index contributed by atoms with van der Waals surface area (Å²) >= 11 is 0. The van der Waals surface area contributed by atoms with Gasteiger partial charge >= 0.3 is 0 Å². The quantitative estimate of drug-likeness (QED) is 0.547. The molecule has 0 unspecified atom stereocenters. The van der Waals surface area contributed by atoms with Gasteiger partial charge in [0.15, 0.2) is 11.6 Å². The molecule has 176 valence electrons. The third kappa shape index (κ3) is 4.42. The molecule has 1 aromatic heterocycles. The van der Waals surface area contributed by atoms with Gasteiger partial charge in [-0.1, -0.05) is 12.1 Å². The average molecular weight is 468 g/mol. The fourth-order valence-corrected chi connectivity index (χ4v) is 4.33. The summed E-state index contributed by atoms with van der Waals surface area (Å²) in [6.07, 6.45) is 3.60. The summed E-state index contributed by atoms with van der Waals surface area (Å²) in [7, 11) is 0. The van der Waals surface area contributed by atoms with E-state index in [9.17, 15) is 18.0 Å². The molecule has 3 aromatic rings. The first-order chi connectivity index (χ1) is 16.5. The normalized spacial score (nSPS) is 15.7. The van der Waals surface area contributed by atoms with Crippen molar-refractivity contribution in [1.29, 1.82) is 0 Å². The maximum Gasteiger partial charge on any atom is 0.257 e. The van der Waals surface area contributed by atoms with Gasteiger partial charge in [0.25, 0.3) is 5.91 Å². The molecule has 0 radical (unpaired) electrons. The van der Waals surface area contributed by atoms with Crippen LogP contribution in [0.4, 0.5) is 19.1 Å². The van der Waals surface area contributed by atoms with Crippen LogP contribution in [-0.2, 0) is 13.0 Å². The predicted molar refractivity (Wildman–Crippen MR) is 119 cm³/mol. The number of anilines is 1. The number of benzene rings is 2. The molecule has 0 aliphatic carbocycles. The maximum absolute atomic E-state index is 14.4. The van der Waals surface area contributed by atoms with E-state index in [1.165, 1.54) is 29.2 Å². The van der Waals surface area contributed by atoms with E-state index >= 15 is 0 Å². The molecule has 1 amide bonds. The number of ether oxygens (including phenoxy) is 1. The third-order valence-electron chi connectivity index (χ3n) is 6.14. The van der Waals surface area contributed by atoms with Crippen molar-refractivity contribution in [2.24, 2.45) is 0 Å². The number of carbonyl (C=O) groups is 1. The van der Waals surface area contributed by atoms with Gasteiger partial charge in [0.1, 0.15) is 11.6 Å². The monoisotopic (exact) mass is 468 g/mol. The first kappa shape index (κ1) is 22.2. The molecule has 0 N–H and O–H groups in total. The molecule has 0 atom stereocenters. The highest BCUT2D eigenvalue weighted by Crippen LogP contribution is 2.33. The van der Waals surface area contributed by atoms with Gasteiger partial charge in [-0.3, -0.25) is 4.79 Å². The summed E-state index contributed by atoms with van der Waals surface area (Å²) < 4.78 is 47.8. The summed E-state index contributed by atoms with van der Waals surface area (Å²) in [5.74, 6) is -2.20. The lowest BCUT2D eigenvalue weighted by Crippen LogP contribution is -2.38. The minimum absolute atomic E-state index is 0.0242. The van der Waals surface area contributed by atoms with Crippen molar-refractivity contribution in [3.05, 3.63) is 76.7 Å². The molecule has 0 spiro atoms. The number of carbonyl (C=O) groups excluding carboxylic acids is 1. The van der Waals surface area contributed by atoms with Crippen LogP contribution < -0.4 is 9.64 Å². The summed E-state index contributed by atoms with van der Waals surface area (Å²) in [6, 6.07) is 8.85. The van der Waals surface area contributed by atoms with Crippen LogP contribution in [0.1, 0.15) is 40.9 Å². The van der Waals surface area contributed by atoms with Gasteiger partial charge in [-0.15, -0.1) is 0 Å². The van der Waals surface area contributed by atoms with Crippen LogP contribution in [0.15, 0.2) is 42.5 Å². The van der Waals surface area contributed by atoms with Crippen LogP contribution in [-0.4, -0.2) is 40.4 Å². The van der Waals surface area contributed by atoms with Gasteiger partial charge in [0, 0.05) is 32.1 Å². The Morgan fingerprint density at radius 3 is 2.47 bits per heavy atom. The second-order valence-corrected chi connectivity index (χ2v) is 8.44. The van der Waals surface area contributed by atoms with Crippen molar-refractivity contribution >= 4 is 11.9 Å². The SMILES string of the molecule is O=C(c1ccccc1F)N1CCc2nc(N3CCCCC3)nc(Oc3ccc(F)cc3F)c2C1. The van der Waals surface area contributed by atoms with Gasteiger partial charge in [-0.2, -0.15) is 4.98 Å². The van der Waals surface area contributed by atoms with Crippen molar-refractivity contribution in [3.8, 4) is 11.6 Å². The Morgan fingerprint density at radius 1 is 0.912 bits per heavy atom. The molecule has 1 saturated heterocycles. The number of hydrogen-bond donors (Lipinski definition) is 0. The number of rotatable bonds is 4. The Labute approximate surface area is 195 Å². The Hall–Kier alpha value is -3.62. The zero-order valence-corrected chi connectivity index (χ0v) is 18.4. The summed E-state index contributed by atoms with van der Waals surface area (Å²) in [6.45, 7) is 2.05. The van der Waals surface area contributed by atoms with Crippen molar-refractivity contribution < 1.29 is 22.7 Å². The second-order valence-electron chi connectivity index (χ2n) is 8.44. The van der Waals surface area contributed by atoms with Crippen molar-refractivity contribution in [2.75, 3.05) is 24.5 Å². The zero-order valence-electron chi connectivity index (χ0n) is 18.4.